The van der Waals surface area contributed by atoms with Crippen molar-refractivity contribution in [1.82, 2.24) is 0 Å². The number of ether oxygens (including phenoxy) is 5. The number of hydrogen-bond donors (Lipinski definition) is 0. The molecule has 1 aliphatic carbocycles. The molecule has 0 saturated carbocycles. The van der Waals surface area contributed by atoms with Crippen molar-refractivity contribution in [2.45, 2.75) is 39.9 Å². The molecule has 0 aromatic heterocycles. The lowest BCUT2D eigenvalue weighted by molar-refractivity contribution is 0.0731. The summed E-state index contributed by atoms with van der Waals surface area (Å²) in [5.74, 6) is -0.329. The number of benzene rings is 3. The Bertz CT molecular complexity index is 1470. The maximum absolute atomic E-state index is 14.0. The maximum atomic E-state index is 14.0. The Balaban J connectivity index is 1.89. The smallest absolute Gasteiger partial charge is 0.344 e. The van der Waals surface area contributed by atoms with Gasteiger partial charge in [-0.05, 0) is 61.8 Å². The van der Waals surface area contributed by atoms with Gasteiger partial charge in [0.25, 0.3) is 0 Å². The average molecular weight is 662 g/mol. The highest BCUT2D eigenvalue weighted by Gasteiger charge is 2.40. The normalized spacial score (nSPS) is 12.3. The molecule has 0 aliphatic heterocycles. The number of ketones is 2. The summed E-state index contributed by atoms with van der Waals surface area (Å²) in [4.78, 5) is 41.4. The molecular weight excluding hydrogens is 636 g/mol. The van der Waals surface area contributed by atoms with Crippen molar-refractivity contribution in [2.24, 2.45) is 0 Å². The highest BCUT2D eigenvalue weighted by Crippen LogP contribution is 2.44. The fourth-order valence-corrected chi connectivity index (χ4v) is 5.34. The van der Waals surface area contributed by atoms with Crippen molar-refractivity contribution in [2.75, 3.05) is 14.2 Å². The number of esters is 1. The van der Waals surface area contributed by atoms with E-state index in [1.165, 1.54) is 32.4 Å². The monoisotopic (exact) mass is 660 g/mol. The van der Waals surface area contributed by atoms with Gasteiger partial charge in [0.1, 0.15) is 28.7 Å². The molecule has 0 amide bonds. The highest BCUT2D eigenvalue weighted by atomic mass is 79.9. The van der Waals surface area contributed by atoms with Crippen LogP contribution in [0.4, 0.5) is 0 Å². The molecule has 0 spiro atoms. The minimum Gasteiger partial charge on any atom is -0.496 e. The van der Waals surface area contributed by atoms with E-state index in [1.807, 2.05) is 13.8 Å². The molecule has 0 unspecified atom stereocenters. The van der Waals surface area contributed by atoms with Crippen molar-refractivity contribution in [3.63, 3.8) is 0 Å². The van der Waals surface area contributed by atoms with Crippen LogP contribution in [0, 0.1) is 0 Å². The van der Waals surface area contributed by atoms with Crippen LogP contribution < -0.4 is 23.7 Å². The summed E-state index contributed by atoms with van der Waals surface area (Å²) in [7, 11) is 2.96. The van der Waals surface area contributed by atoms with E-state index in [4.69, 9.17) is 23.7 Å². The topological polar surface area (TPSA) is 97.4 Å². The zero-order chi connectivity index (χ0) is 28.6. The second kappa shape index (κ2) is 11.4. The Hall–Kier alpha value is -3.37. The van der Waals surface area contributed by atoms with Crippen LogP contribution in [0.15, 0.2) is 45.3 Å². The Labute approximate surface area is 242 Å². The zero-order valence-corrected chi connectivity index (χ0v) is 25.3. The van der Waals surface area contributed by atoms with E-state index in [0.717, 1.165) is 0 Å². The van der Waals surface area contributed by atoms with Gasteiger partial charge in [-0.1, -0.05) is 15.9 Å². The summed E-state index contributed by atoms with van der Waals surface area (Å²) in [5, 5.41) is 0. The molecule has 0 N–H and O–H groups in total. The van der Waals surface area contributed by atoms with Crippen LogP contribution in [0.1, 0.15) is 69.9 Å². The summed E-state index contributed by atoms with van der Waals surface area (Å²) in [6, 6.07) is 9.39. The van der Waals surface area contributed by atoms with Gasteiger partial charge in [-0.3, -0.25) is 9.59 Å². The lowest BCUT2D eigenvalue weighted by atomic mass is 9.82. The molecule has 0 saturated heterocycles. The fourth-order valence-electron chi connectivity index (χ4n) is 4.18. The van der Waals surface area contributed by atoms with Gasteiger partial charge >= 0.3 is 5.97 Å². The van der Waals surface area contributed by atoms with Gasteiger partial charge in [-0.2, -0.15) is 0 Å². The number of rotatable bonds is 8. The van der Waals surface area contributed by atoms with Crippen LogP contribution in [0.3, 0.4) is 0 Å². The summed E-state index contributed by atoms with van der Waals surface area (Å²) >= 11 is 6.83. The first-order valence-electron chi connectivity index (χ1n) is 12.0. The molecule has 0 heterocycles. The molecule has 0 radical (unpaired) electrons. The third-order valence-electron chi connectivity index (χ3n) is 5.73. The van der Waals surface area contributed by atoms with E-state index < -0.39 is 17.5 Å². The second-order valence-corrected chi connectivity index (χ2v) is 10.9. The molecule has 8 nitrogen and oxygen atoms in total. The molecule has 0 atom stereocenters. The van der Waals surface area contributed by atoms with E-state index in [2.05, 4.69) is 31.9 Å². The SMILES string of the molecule is COc1cc(OC)cc(OC(=O)c2cc(OC(C)C)c3c(c2Br)C(=O)c2c(Br)ccc(OC(C)C)c2C3=O)c1. The Morgan fingerprint density at radius 3 is 1.77 bits per heavy atom. The molecule has 0 fully saturated rings. The highest BCUT2D eigenvalue weighted by molar-refractivity contribution is 9.11. The van der Waals surface area contributed by atoms with Gasteiger partial charge in [0.05, 0.1) is 54.2 Å². The van der Waals surface area contributed by atoms with Crippen molar-refractivity contribution < 1.29 is 38.1 Å². The van der Waals surface area contributed by atoms with Crippen molar-refractivity contribution >= 4 is 49.4 Å². The first-order valence-corrected chi connectivity index (χ1v) is 13.6. The summed E-state index contributed by atoms with van der Waals surface area (Å²) < 4.78 is 28.5. The quantitative estimate of drug-likeness (QED) is 0.150. The van der Waals surface area contributed by atoms with Crippen LogP contribution in [-0.2, 0) is 0 Å². The lowest BCUT2D eigenvalue weighted by Gasteiger charge is -2.26. The van der Waals surface area contributed by atoms with Gasteiger partial charge in [-0.25, -0.2) is 4.79 Å². The summed E-state index contributed by atoms with van der Waals surface area (Å²) in [6.45, 7) is 7.22. The van der Waals surface area contributed by atoms with Gasteiger partial charge in [0, 0.05) is 27.1 Å². The fraction of sp³-hybridized carbons (Fsp3) is 0.276. The molecule has 1 aliphatic rings. The predicted octanol–water partition coefficient (Wildman–Crippen LogP) is 6.80. The molecule has 39 heavy (non-hydrogen) atoms. The van der Waals surface area contributed by atoms with Gasteiger partial charge in [0.2, 0.25) is 5.78 Å². The Morgan fingerprint density at radius 1 is 0.692 bits per heavy atom. The standard InChI is InChI=1S/C29H26Br2O8/c1-13(2)37-20-8-7-19(30)22-23(20)28(33)24-21(38-14(3)4)12-18(26(31)25(24)27(22)32)29(34)39-17-10-15(35-5)9-16(11-17)36-6/h7-14H,1-6H3. The number of fused-ring (bicyclic) bond motifs is 2. The minimum absolute atomic E-state index is 0.00138. The number of halogens is 2. The largest absolute Gasteiger partial charge is 0.496 e. The van der Waals surface area contributed by atoms with E-state index in [0.29, 0.717) is 16.0 Å². The van der Waals surface area contributed by atoms with Crippen molar-refractivity contribution in [1.29, 1.82) is 0 Å². The first-order chi connectivity index (χ1) is 18.5. The van der Waals surface area contributed by atoms with Crippen LogP contribution in [0.5, 0.6) is 28.7 Å². The molecular formula is C29H26Br2O8. The third-order valence-corrected chi connectivity index (χ3v) is 7.22. The predicted molar refractivity (Wildman–Crippen MR) is 151 cm³/mol. The van der Waals surface area contributed by atoms with Crippen molar-refractivity contribution in [3.8, 4) is 28.7 Å². The number of methoxy groups -OCH3 is 2. The number of carbonyl (C=O) groups is 3. The van der Waals surface area contributed by atoms with E-state index >= 15 is 0 Å². The second-order valence-electron chi connectivity index (χ2n) is 9.21. The number of hydrogen-bond acceptors (Lipinski definition) is 8. The lowest BCUT2D eigenvalue weighted by Crippen LogP contribution is -2.26. The molecule has 3 aromatic rings. The van der Waals surface area contributed by atoms with Crippen LogP contribution in [0.2, 0.25) is 0 Å². The van der Waals surface area contributed by atoms with Crippen molar-refractivity contribution in [3.05, 3.63) is 73.2 Å². The third kappa shape index (κ3) is 5.53. The average Bonchev–Trinajstić information content (AvgIpc) is 2.87. The van der Waals surface area contributed by atoms with Crippen LogP contribution in [0.25, 0.3) is 0 Å². The minimum atomic E-state index is -0.782. The molecule has 204 valence electrons. The van der Waals surface area contributed by atoms with Gasteiger partial charge in [0.15, 0.2) is 5.78 Å². The van der Waals surface area contributed by atoms with Crippen LogP contribution >= 0.6 is 31.9 Å². The Morgan fingerprint density at radius 2 is 1.21 bits per heavy atom. The van der Waals surface area contributed by atoms with E-state index in [9.17, 15) is 14.4 Å². The summed E-state index contributed by atoms with van der Waals surface area (Å²) in [5.41, 5.74) is 0.323. The van der Waals surface area contributed by atoms with E-state index in [-0.39, 0.29) is 61.7 Å². The van der Waals surface area contributed by atoms with E-state index in [1.54, 1.807) is 32.0 Å². The molecule has 0 bridgehead atoms. The summed E-state index contributed by atoms with van der Waals surface area (Å²) in [6.07, 6.45) is -0.593. The number of carbonyl (C=O) groups excluding carboxylic acids is 3. The maximum Gasteiger partial charge on any atom is 0.344 e. The van der Waals surface area contributed by atoms with Gasteiger partial charge < -0.3 is 23.7 Å². The van der Waals surface area contributed by atoms with Crippen LogP contribution in [-0.4, -0.2) is 44.0 Å². The molecule has 3 aromatic carbocycles. The van der Waals surface area contributed by atoms with Gasteiger partial charge in [-0.15, -0.1) is 0 Å². The molecule has 10 heteroatoms. The zero-order valence-electron chi connectivity index (χ0n) is 22.1. The molecule has 4 rings (SSSR count). The Kier molecular flexibility index (Phi) is 8.37. The first kappa shape index (κ1) is 28.6.